The van der Waals surface area contributed by atoms with Gasteiger partial charge < -0.3 is 22.0 Å². The van der Waals surface area contributed by atoms with Crippen LogP contribution < -0.4 is 17.2 Å². The smallest absolute Gasteiger partial charge is 0.226 e. The van der Waals surface area contributed by atoms with E-state index in [9.17, 15) is 4.79 Å². The zero-order valence-electron chi connectivity index (χ0n) is 10.1. The summed E-state index contributed by atoms with van der Waals surface area (Å²) in [4.78, 5) is 28.9. The minimum atomic E-state index is 0.0417. The number of anilines is 3. The van der Waals surface area contributed by atoms with Gasteiger partial charge in [0.1, 0.15) is 12.6 Å². The van der Waals surface area contributed by atoms with Gasteiger partial charge in [0.25, 0.3) is 0 Å². The van der Waals surface area contributed by atoms with Gasteiger partial charge in [-0.05, 0) is 12.8 Å². The molecule has 100 valence electrons. The molecule has 0 saturated heterocycles. The molecule has 0 unspecified atom stereocenters. The highest BCUT2D eigenvalue weighted by Gasteiger charge is 2.05. The molecule has 0 bridgehead atoms. The van der Waals surface area contributed by atoms with Crippen LogP contribution in [0.1, 0.15) is 32.1 Å². The van der Waals surface area contributed by atoms with Gasteiger partial charge in [-0.2, -0.15) is 15.0 Å². The molecule has 8 nitrogen and oxygen atoms in total. The molecule has 0 radical (unpaired) electrons. The van der Waals surface area contributed by atoms with Gasteiger partial charge >= 0.3 is 0 Å². The van der Waals surface area contributed by atoms with Crippen LogP contribution in [0, 0.1) is 0 Å². The van der Waals surface area contributed by atoms with E-state index in [1.54, 1.807) is 0 Å². The Morgan fingerprint density at radius 1 is 0.778 bits per heavy atom. The number of nitrogen functional groups attached to an aromatic ring is 3. The van der Waals surface area contributed by atoms with Crippen LogP contribution in [0.4, 0.5) is 17.8 Å². The predicted octanol–water partition coefficient (Wildman–Crippen LogP) is -0.0471. The van der Waals surface area contributed by atoms with Crippen LogP contribution >= 0.6 is 0 Å². The zero-order chi connectivity index (χ0) is 14.0. The van der Waals surface area contributed by atoms with Gasteiger partial charge in [-0.1, -0.05) is 6.42 Å². The summed E-state index contributed by atoms with van der Waals surface area (Å²) >= 11 is 0. The van der Waals surface area contributed by atoms with Gasteiger partial charge in [-0.3, -0.25) is 4.79 Å². The fourth-order valence-electron chi connectivity index (χ4n) is 1.37. The third-order valence-electron chi connectivity index (χ3n) is 2.10. The lowest BCUT2D eigenvalue weighted by molar-refractivity contribution is -0.120. The van der Waals surface area contributed by atoms with E-state index in [2.05, 4.69) is 15.0 Å². The molecule has 1 aliphatic carbocycles. The van der Waals surface area contributed by atoms with Gasteiger partial charge in [0.05, 0.1) is 0 Å². The highest BCUT2D eigenvalue weighted by Crippen LogP contribution is 2.12. The van der Waals surface area contributed by atoms with Crippen molar-refractivity contribution in [2.45, 2.75) is 32.1 Å². The lowest BCUT2D eigenvalue weighted by Crippen LogP contribution is -2.05. The summed E-state index contributed by atoms with van der Waals surface area (Å²) in [5.74, 6) is 0.589. The van der Waals surface area contributed by atoms with Crippen LogP contribution in [-0.4, -0.2) is 27.5 Å². The number of nitrogens with two attached hydrogens (primary N) is 3. The van der Waals surface area contributed by atoms with Crippen molar-refractivity contribution in [2.75, 3.05) is 17.2 Å². The highest BCUT2D eigenvalue weighted by molar-refractivity contribution is 5.78. The number of ketones is 1. The first-order valence-electron chi connectivity index (χ1n) is 5.41. The molecule has 1 aromatic heterocycles. The second-order valence-corrected chi connectivity index (χ2v) is 3.51. The monoisotopic (exact) mass is 254 g/mol. The Kier molecular flexibility index (Phi) is 7.74. The number of hydrogen-bond acceptors (Lipinski definition) is 8. The fraction of sp³-hybridized carbons (Fsp3) is 0.500. The molecule has 1 saturated carbocycles. The highest BCUT2D eigenvalue weighted by atomic mass is 16.1. The van der Waals surface area contributed by atoms with E-state index in [1.165, 1.54) is 6.42 Å². The number of hydrogen-bond donors (Lipinski definition) is 3. The summed E-state index contributed by atoms with van der Waals surface area (Å²) in [6.07, 6.45) is 5.24. The van der Waals surface area contributed by atoms with E-state index < -0.39 is 0 Å². The number of carbonyl (C=O) groups is 2. The first kappa shape index (κ1) is 15.8. The van der Waals surface area contributed by atoms with Gasteiger partial charge in [-0.25, -0.2) is 0 Å². The maximum Gasteiger partial charge on any atom is 0.226 e. The summed E-state index contributed by atoms with van der Waals surface area (Å²) in [6, 6.07) is 0. The molecule has 8 heteroatoms. The molecular formula is C10H18N6O2. The quantitative estimate of drug-likeness (QED) is 0.583. The van der Waals surface area contributed by atoms with Crippen LogP contribution in [0.5, 0.6) is 0 Å². The van der Waals surface area contributed by atoms with Crippen molar-refractivity contribution in [1.29, 1.82) is 0 Å². The SMILES string of the molecule is C=O.Nc1nc(N)nc(N)n1.O=C1CCCCC1. The summed E-state index contributed by atoms with van der Waals surface area (Å²) < 4.78 is 0. The Hall–Kier alpha value is -2.25. The molecule has 0 atom stereocenters. The van der Waals surface area contributed by atoms with Gasteiger partial charge in [0.15, 0.2) is 0 Å². The summed E-state index contributed by atoms with van der Waals surface area (Å²) in [5, 5.41) is 0. The number of rotatable bonds is 0. The lowest BCUT2D eigenvalue weighted by Gasteiger charge is -2.05. The molecule has 1 heterocycles. The van der Waals surface area contributed by atoms with Crippen LogP contribution in [0.25, 0.3) is 0 Å². The molecular weight excluding hydrogens is 236 g/mol. The van der Waals surface area contributed by atoms with Crippen molar-refractivity contribution in [2.24, 2.45) is 0 Å². The lowest BCUT2D eigenvalue weighted by atomic mass is 10.00. The van der Waals surface area contributed by atoms with Crippen LogP contribution in [0.3, 0.4) is 0 Å². The largest absolute Gasteiger partial charge is 0.368 e. The van der Waals surface area contributed by atoms with E-state index in [1.807, 2.05) is 6.79 Å². The molecule has 2 rings (SSSR count). The number of nitrogens with zero attached hydrogens (tertiary/aromatic N) is 3. The van der Waals surface area contributed by atoms with Crippen molar-refractivity contribution in [3.05, 3.63) is 0 Å². The van der Waals surface area contributed by atoms with E-state index in [4.69, 9.17) is 22.0 Å². The summed E-state index contributed by atoms with van der Waals surface area (Å²) in [7, 11) is 0. The normalized spacial score (nSPS) is 13.7. The molecule has 1 aliphatic rings. The molecule has 18 heavy (non-hydrogen) atoms. The minimum absolute atomic E-state index is 0.0417. The first-order valence-corrected chi connectivity index (χ1v) is 5.41. The molecule has 0 spiro atoms. The predicted molar refractivity (Wildman–Crippen MR) is 68.3 cm³/mol. The second-order valence-electron chi connectivity index (χ2n) is 3.51. The van der Waals surface area contributed by atoms with E-state index in [-0.39, 0.29) is 17.8 Å². The minimum Gasteiger partial charge on any atom is -0.368 e. The number of aromatic nitrogens is 3. The van der Waals surface area contributed by atoms with Crippen molar-refractivity contribution in [3.63, 3.8) is 0 Å². The molecule has 1 fully saturated rings. The fourth-order valence-corrected chi connectivity index (χ4v) is 1.37. The average molecular weight is 254 g/mol. The van der Waals surface area contributed by atoms with Gasteiger partial charge in [0.2, 0.25) is 17.8 Å². The zero-order valence-corrected chi connectivity index (χ0v) is 10.1. The Labute approximate surface area is 105 Å². The number of Topliss-reactive ketones (excluding diaryl/α,β-unsaturated/α-hetero) is 1. The van der Waals surface area contributed by atoms with E-state index in [0.29, 0.717) is 5.78 Å². The Morgan fingerprint density at radius 3 is 1.33 bits per heavy atom. The van der Waals surface area contributed by atoms with Crippen molar-refractivity contribution < 1.29 is 9.59 Å². The van der Waals surface area contributed by atoms with Crippen LogP contribution in [0.2, 0.25) is 0 Å². The van der Waals surface area contributed by atoms with Crippen LogP contribution in [-0.2, 0) is 9.59 Å². The average Bonchev–Trinajstić information content (AvgIpc) is 2.31. The van der Waals surface area contributed by atoms with Gasteiger partial charge in [-0.15, -0.1) is 0 Å². The summed E-state index contributed by atoms with van der Waals surface area (Å²) in [5.41, 5.74) is 15.4. The molecule has 1 aromatic rings. The number of carbonyl (C=O) groups excluding carboxylic acids is 2. The third kappa shape index (κ3) is 7.09. The molecule has 0 aromatic carbocycles. The third-order valence-corrected chi connectivity index (χ3v) is 2.10. The van der Waals surface area contributed by atoms with Crippen LogP contribution in [0.15, 0.2) is 0 Å². The summed E-state index contributed by atoms with van der Waals surface area (Å²) in [6.45, 7) is 2.00. The van der Waals surface area contributed by atoms with Crippen molar-refractivity contribution in [1.82, 2.24) is 15.0 Å². The Morgan fingerprint density at radius 2 is 1.11 bits per heavy atom. The maximum atomic E-state index is 10.5. The molecule has 0 amide bonds. The Bertz CT molecular complexity index is 326. The Balaban J connectivity index is 0.000000289. The topological polar surface area (TPSA) is 151 Å². The molecule has 0 aliphatic heterocycles. The van der Waals surface area contributed by atoms with Gasteiger partial charge in [0, 0.05) is 12.8 Å². The van der Waals surface area contributed by atoms with E-state index >= 15 is 0 Å². The molecule has 6 N–H and O–H groups in total. The maximum absolute atomic E-state index is 10.5. The first-order chi connectivity index (χ1) is 8.58. The van der Waals surface area contributed by atoms with Crippen molar-refractivity contribution in [3.8, 4) is 0 Å². The second kappa shape index (κ2) is 8.85. The van der Waals surface area contributed by atoms with Crippen molar-refractivity contribution >= 4 is 30.4 Å². The standard InChI is InChI=1S/C6H10O.C3H6N6.CH2O/c7-6-4-2-1-3-5-6;4-1-7-2(5)9-3(6)8-1;1-2/h1-5H2;(H6,4,5,6,7,8,9);1H2. The van der Waals surface area contributed by atoms with E-state index in [0.717, 1.165) is 25.7 Å².